The fraction of sp³-hybridized carbons (Fsp3) is 0.381. The van der Waals surface area contributed by atoms with Crippen LogP contribution in [0.2, 0.25) is 5.02 Å². The van der Waals surface area contributed by atoms with Gasteiger partial charge in [-0.15, -0.1) is 11.3 Å². The molecule has 7 nitrogen and oxygen atoms in total. The third kappa shape index (κ3) is 5.07. The molecule has 1 aromatic carbocycles. The molecular weight excluding hydrogens is 424 g/mol. The SMILES string of the molecule is CC1CN(Cc2csc(NC(=O)COc3ccc(Cl)c4cccnc34)n2)CC(C)O1. The van der Waals surface area contributed by atoms with Crippen LogP contribution in [0.4, 0.5) is 5.13 Å². The molecule has 0 bridgehead atoms. The first-order chi connectivity index (χ1) is 14.5. The molecule has 9 heteroatoms. The van der Waals surface area contributed by atoms with Crippen molar-refractivity contribution in [2.45, 2.75) is 32.6 Å². The van der Waals surface area contributed by atoms with Crippen molar-refractivity contribution in [2.24, 2.45) is 0 Å². The van der Waals surface area contributed by atoms with Crippen molar-refractivity contribution in [3.8, 4) is 5.75 Å². The Balaban J connectivity index is 1.33. The molecule has 158 valence electrons. The van der Waals surface area contributed by atoms with Crippen molar-refractivity contribution in [3.63, 3.8) is 0 Å². The van der Waals surface area contributed by atoms with E-state index >= 15 is 0 Å². The number of halogens is 1. The standard InChI is InChI=1S/C21H23ClN4O3S/c1-13-8-26(9-14(2)29-13)10-15-12-30-21(24-15)25-19(27)11-28-18-6-5-17(22)16-4-3-7-23-20(16)18/h3-7,12-14H,8-11H2,1-2H3,(H,24,25,27). The molecule has 30 heavy (non-hydrogen) atoms. The van der Waals surface area contributed by atoms with Crippen molar-refractivity contribution in [1.29, 1.82) is 0 Å². The van der Waals surface area contributed by atoms with E-state index in [1.54, 1.807) is 18.3 Å². The van der Waals surface area contributed by atoms with Gasteiger partial charge in [-0.05, 0) is 38.1 Å². The summed E-state index contributed by atoms with van der Waals surface area (Å²) in [5.74, 6) is 0.240. The van der Waals surface area contributed by atoms with E-state index in [-0.39, 0.29) is 24.7 Å². The fourth-order valence-electron chi connectivity index (χ4n) is 3.61. The molecule has 1 amide bonds. The quantitative estimate of drug-likeness (QED) is 0.617. The minimum atomic E-state index is -0.274. The zero-order chi connectivity index (χ0) is 21.1. The summed E-state index contributed by atoms with van der Waals surface area (Å²) in [4.78, 5) is 23.5. The molecule has 1 fully saturated rings. The zero-order valence-electron chi connectivity index (χ0n) is 16.8. The third-order valence-corrected chi connectivity index (χ3v) is 5.85. The van der Waals surface area contributed by atoms with E-state index < -0.39 is 0 Å². The van der Waals surface area contributed by atoms with Gasteiger partial charge in [0.2, 0.25) is 0 Å². The summed E-state index contributed by atoms with van der Waals surface area (Å²) in [5.41, 5.74) is 1.56. The van der Waals surface area contributed by atoms with E-state index in [1.807, 2.05) is 17.5 Å². The number of carbonyl (C=O) groups excluding carboxylic acids is 1. The van der Waals surface area contributed by atoms with E-state index in [9.17, 15) is 4.79 Å². The van der Waals surface area contributed by atoms with Gasteiger partial charge in [-0.1, -0.05) is 11.6 Å². The molecule has 1 N–H and O–H groups in total. The number of amides is 1. The number of aromatic nitrogens is 2. The van der Waals surface area contributed by atoms with E-state index in [4.69, 9.17) is 21.1 Å². The van der Waals surface area contributed by atoms with Crippen molar-refractivity contribution in [3.05, 3.63) is 46.6 Å². The lowest BCUT2D eigenvalue weighted by atomic mass is 10.2. The number of fused-ring (bicyclic) bond motifs is 1. The molecule has 0 spiro atoms. The van der Waals surface area contributed by atoms with Gasteiger partial charge in [0.25, 0.3) is 5.91 Å². The van der Waals surface area contributed by atoms with Gasteiger partial charge in [-0.3, -0.25) is 20.0 Å². The molecule has 1 aliphatic heterocycles. The van der Waals surface area contributed by atoms with E-state index in [0.29, 0.717) is 21.4 Å². The van der Waals surface area contributed by atoms with Gasteiger partial charge in [-0.2, -0.15) is 0 Å². The van der Waals surface area contributed by atoms with Crippen LogP contribution in [-0.2, 0) is 16.1 Å². The Kier molecular flexibility index (Phi) is 6.48. The highest BCUT2D eigenvalue weighted by atomic mass is 35.5. The van der Waals surface area contributed by atoms with Crippen LogP contribution in [0, 0.1) is 0 Å². The lowest BCUT2D eigenvalue weighted by molar-refractivity contribution is -0.118. The van der Waals surface area contributed by atoms with Crippen LogP contribution in [-0.4, -0.2) is 52.7 Å². The highest BCUT2D eigenvalue weighted by Gasteiger charge is 2.22. The Hall–Kier alpha value is -2.26. The summed E-state index contributed by atoms with van der Waals surface area (Å²) in [6.07, 6.45) is 2.09. The van der Waals surface area contributed by atoms with E-state index in [1.165, 1.54) is 11.3 Å². The predicted molar refractivity (Wildman–Crippen MR) is 118 cm³/mol. The molecule has 0 aliphatic carbocycles. The van der Waals surface area contributed by atoms with Crippen LogP contribution in [0.3, 0.4) is 0 Å². The number of pyridine rings is 1. The maximum Gasteiger partial charge on any atom is 0.264 e. The molecule has 0 saturated carbocycles. The number of morpholine rings is 1. The number of hydrogen-bond acceptors (Lipinski definition) is 7. The number of nitrogens with zero attached hydrogens (tertiary/aromatic N) is 3. The average Bonchev–Trinajstić information content (AvgIpc) is 3.13. The van der Waals surface area contributed by atoms with Gasteiger partial charge in [0.15, 0.2) is 11.7 Å². The highest BCUT2D eigenvalue weighted by molar-refractivity contribution is 7.13. The van der Waals surface area contributed by atoms with Crippen LogP contribution in [0.1, 0.15) is 19.5 Å². The Morgan fingerprint density at radius 1 is 1.33 bits per heavy atom. The molecule has 2 unspecified atom stereocenters. The molecular formula is C21H23ClN4O3S. The Morgan fingerprint density at radius 2 is 2.13 bits per heavy atom. The molecule has 0 radical (unpaired) electrons. The molecule has 2 aromatic heterocycles. The maximum absolute atomic E-state index is 12.3. The second-order valence-electron chi connectivity index (χ2n) is 7.38. The lowest BCUT2D eigenvalue weighted by Crippen LogP contribution is -2.44. The first-order valence-electron chi connectivity index (χ1n) is 9.76. The summed E-state index contributed by atoms with van der Waals surface area (Å²) < 4.78 is 11.4. The van der Waals surface area contributed by atoms with Gasteiger partial charge >= 0.3 is 0 Å². The summed E-state index contributed by atoms with van der Waals surface area (Å²) >= 11 is 7.60. The topological polar surface area (TPSA) is 76.6 Å². The van der Waals surface area contributed by atoms with Gasteiger partial charge in [0, 0.05) is 36.6 Å². The number of anilines is 1. The smallest absolute Gasteiger partial charge is 0.264 e. The largest absolute Gasteiger partial charge is 0.481 e. The van der Waals surface area contributed by atoms with Crippen LogP contribution >= 0.6 is 22.9 Å². The predicted octanol–water partition coefficient (Wildman–Crippen LogP) is 3.97. The number of benzene rings is 1. The molecule has 1 saturated heterocycles. The zero-order valence-corrected chi connectivity index (χ0v) is 18.4. The Morgan fingerprint density at radius 3 is 2.93 bits per heavy atom. The van der Waals surface area contributed by atoms with E-state index in [2.05, 4.69) is 34.0 Å². The Labute approximate surface area is 184 Å². The second-order valence-corrected chi connectivity index (χ2v) is 8.64. The average molecular weight is 447 g/mol. The highest BCUT2D eigenvalue weighted by Crippen LogP contribution is 2.29. The minimum Gasteiger partial charge on any atom is -0.481 e. The number of thiazole rings is 1. The first-order valence-corrected chi connectivity index (χ1v) is 11.0. The summed E-state index contributed by atoms with van der Waals surface area (Å²) in [5, 5.41) is 6.71. The van der Waals surface area contributed by atoms with Gasteiger partial charge in [0.05, 0.1) is 22.9 Å². The molecule has 3 aromatic rings. The fourth-order valence-corrected chi connectivity index (χ4v) is 4.54. The van der Waals surface area contributed by atoms with Crippen molar-refractivity contribution >= 4 is 44.9 Å². The number of nitrogens with one attached hydrogen (secondary N) is 1. The maximum atomic E-state index is 12.3. The number of carbonyl (C=O) groups is 1. The lowest BCUT2D eigenvalue weighted by Gasteiger charge is -2.34. The van der Waals surface area contributed by atoms with E-state index in [0.717, 1.165) is 30.7 Å². The van der Waals surface area contributed by atoms with Gasteiger partial charge in [0.1, 0.15) is 11.3 Å². The summed E-state index contributed by atoms with van der Waals surface area (Å²) in [7, 11) is 0. The Bertz CT molecular complexity index is 1030. The first kappa shape index (κ1) is 21.0. The molecule has 4 rings (SSSR count). The second kappa shape index (κ2) is 9.26. The summed E-state index contributed by atoms with van der Waals surface area (Å²) in [6, 6.07) is 7.13. The van der Waals surface area contributed by atoms with Gasteiger partial charge < -0.3 is 9.47 Å². The number of hydrogen-bond donors (Lipinski definition) is 1. The molecule has 3 heterocycles. The molecule has 2 atom stereocenters. The molecule has 1 aliphatic rings. The van der Waals surface area contributed by atoms with Crippen LogP contribution in [0.5, 0.6) is 5.75 Å². The van der Waals surface area contributed by atoms with Crippen molar-refractivity contribution < 1.29 is 14.3 Å². The number of ether oxygens (including phenoxy) is 2. The van der Waals surface area contributed by atoms with Crippen LogP contribution in [0.25, 0.3) is 10.9 Å². The van der Waals surface area contributed by atoms with Crippen LogP contribution < -0.4 is 10.1 Å². The summed E-state index contributed by atoms with van der Waals surface area (Å²) in [6.45, 7) is 6.51. The number of rotatable bonds is 6. The monoisotopic (exact) mass is 446 g/mol. The van der Waals surface area contributed by atoms with Gasteiger partial charge in [-0.25, -0.2) is 4.98 Å². The normalized spacial score (nSPS) is 19.7. The van der Waals surface area contributed by atoms with Crippen molar-refractivity contribution in [2.75, 3.05) is 25.0 Å². The van der Waals surface area contributed by atoms with Crippen LogP contribution in [0.15, 0.2) is 35.8 Å². The minimum absolute atomic E-state index is 0.138. The third-order valence-electron chi connectivity index (χ3n) is 4.72. The van der Waals surface area contributed by atoms with Crippen molar-refractivity contribution in [1.82, 2.24) is 14.9 Å².